The SMILES string of the molecule is CCCC(NCc1ccncc1)c1ccccc1. The summed E-state index contributed by atoms with van der Waals surface area (Å²) < 4.78 is 0. The lowest BCUT2D eigenvalue weighted by atomic mass is 10.0. The molecule has 94 valence electrons. The van der Waals surface area contributed by atoms with Gasteiger partial charge in [-0.2, -0.15) is 0 Å². The van der Waals surface area contributed by atoms with Crippen molar-refractivity contribution in [2.75, 3.05) is 0 Å². The Morgan fingerprint density at radius 2 is 1.78 bits per heavy atom. The zero-order valence-electron chi connectivity index (χ0n) is 10.8. The average Bonchev–Trinajstić information content (AvgIpc) is 2.45. The fraction of sp³-hybridized carbons (Fsp3) is 0.312. The zero-order chi connectivity index (χ0) is 12.6. The summed E-state index contributed by atoms with van der Waals surface area (Å²) in [5.41, 5.74) is 2.65. The number of hydrogen-bond acceptors (Lipinski definition) is 2. The molecule has 1 aromatic heterocycles. The minimum Gasteiger partial charge on any atom is -0.306 e. The number of rotatable bonds is 6. The van der Waals surface area contributed by atoms with Gasteiger partial charge in [0, 0.05) is 25.0 Å². The monoisotopic (exact) mass is 240 g/mol. The molecule has 0 saturated heterocycles. The highest BCUT2D eigenvalue weighted by molar-refractivity contribution is 5.19. The second-order valence-electron chi connectivity index (χ2n) is 4.49. The molecule has 2 nitrogen and oxygen atoms in total. The van der Waals surface area contributed by atoms with E-state index in [4.69, 9.17) is 0 Å². The molecule has 1 unspecified atom stereocenters. The third kappa shape index (κ3) is 3.67. The molecule has 2 aromatic rings. The summed E-state index contributed by atoms with van der Waals surface area (Å²) in [5.74, 6) is 0. The molecule has 1 atom stereocenters. The fourth-order valence-electron chi connectivity index (χ4n) is 2.10. The van der Waals surface area contributed by atoms with Gasteiger partial charge in [0.15, 0.2) is 0 Å². The molecule has 0 amide bonds. The first-order valence-corrected chi connectivity index (χ1v) is 6.57. The van der Waals surface area contributed by atoms with E-state index < -0.39 is 0 Å². The van der Waals surface area contributed by atoms with Crippen LogP contribution >= 0.6 is 0 Å². The van der Waals surface area contributed by atoms with Crippen molar-refractivity contribution in [3.05, 3.63) is 66.0 Å². The Hall–Kier alpha value is -1.67. The first-order valence-electron chi connectivity index (χ1n) is 6.57. The largest absolute Gasteiger partial charge is 0.306 e. The number of nitrogens with one attached hydrogen (secondary N) is 1. The Bertz CT molecular complexity index is 439. The van der Waals surface area contributed by atoms with Crippen molar-refractivity contribution < 1.29 is 0 Å². The molecule has 1 N–H and O–H groups in total. The number of benzene rings is 1. The maximum atomic E-state index is 4.04. The Morgan fingerprint density at radius 3 is 2.44 bits per heavy atom. The van der Waals surface area contributed by atoms with Gasteiger partial charge in [0.25, 0.3) is 0 Å². The lowest BCUT2D eigenvalue weighted by Gasteiger charge is -2.18. The summed E-state index contributed by atoms with van der Waals surface area (Å²) >= 11 is 0. The van der Waals surface area contributed by atoms with Gasteiger partial charge in [0.1, 0.15) is 0 Å². The summed E-state index contributed by atoms with van der Waals surface area (Å²) in [6, 6.07) is 15.2. The molecule has 1 aromatic carbocycles. The van der Waals surface area contributed by atoms with Crippen LogP contribution in [0.3, 0.4) is 0 Å². The lowest BCUT2D eigenvalue weighted by Crippen LogP contribution is -2.20. The van der Waals surface area contributed by atoms with Gasteiger partial charge in [-0.05, 0) is 29.7 Å². The highest BCUT2D eigenvalue weighted by atomic mass is 14.9. The number of pyridine rings is 1. The summed E-state index contributed by atoms with van der Waals surface area (Å²) in [6.07, 6.45) is 6.03. The van der Waals surface area contributed by atoms with Crippen molar-refractivity contribution in [2.45, 2.75) is 32.4 Å². The highest BCUT2D eigenvalue weighted by Gasteiger charge is 2.08. The second-order valence-corrected chi connectivity index (χ2v) is 4.49. The molecule has 0 bridgehead atoms. The van der Waals surface area contributed by atoms with Gasteiger partial charge in [-0.15, -0.1) is 0 Å². The van der Waals surface area contributed by atoms with Crippen molar-refractivity contribution in [1.29, 1.82) is 0 Å². The van der Waals surface area contributed by atoms with Crippen molar-refractivity contribution in [2.24, 2.45) is 0 Å². The van der Waals surface area contributed by atoms with Crippen LogP contribution in [0.5, 0.6) is 0 Å². The first kappa shape index (κ1) is 12.8. The van der Waals surface area contributed by atoms with Crippen molar-refractivity contribution in [1.82, 2.24) is 10.3 Å². The minimum atomic E-state index is 0.435. The van der Waals surface area contributed by atoms with Gasteiger partial charge in [-0.3, -0.25) is 4.98 Å². The Labute approximate surface area is 109 Å². The third-order valence-corrected chi connectivity index (χ3v) is 3.08. The first-order chi connectivity index (χ1) is 8.90. The predicted octanol–water partition coefficient (Wildman–Crippen LogP) is 3.71. The zero-order valence-corrected chi connectivity index (χ0v) is 10.8. The number of hydrogen-bond donors (Lipinski definition) is 1. The number of aromatic nitrogens is 1. The molecule has 2 rings (SSSR count). The van der Waals surface area contributed by atoms with E-state index in [2.05, 4.69) is 59.7 Å². The van der Waals surface area contributed by atoms with Gasteiger partial charge in [-0.1, -0.05) is 43.7 Å². The summed E-state index contributed by atoms with van der Waals surface area (Å²) in [5, 5.41) is 3.63. The van der Waals surface area contributed by atoms with E-state index in [0.29, 0.717) is 6.04 Å². The van der Waals surface area contributed by atoms with Crippen molar-refractivity contribution >= 4 is 0 Å². The average molecular weight is 240 g/mol. The Morgan fingerprint density at radius 1 is 1.06 bits per heavy atom. The van der Waals surface area contributed by atoms with Gasteiger partial charge in [0.05, 0.1) is 0 Å². The summed E-state index contributed by atoms with van der Waals surface area (Å²) in [6.45, 7) is 3.12. The fourth-order valence-corrected chi connectivity index (χ4v) is 2.10. The highest BCUT2D eigenvalue weighted by Crippen LogP contribution is 2.18. The third-order valence-electron chi connectivity index (χ3n) is 3.08. The molecular weight excluding hydrogens is 220 g/mol. The number of nitrogens with zero attached hydrogens (tertiary/aromatic N) is 1. The molecule has 18 heavy (non-hydrogen) atoms. The van der Waals surface area contributed by atoms with Crippen LogP contribution in [-0.4, -0.2) is 4.98 Å². The van der Waals surface area contributed by atoms with Crippen molar-refractivity contribution in [3.8, 4) is 0 Å². The van der Waals surface area contributed by atoms with Gasteiger partial charge >= 0.3 is 0 Å². The molecule has 2 heteroatoms. The van der Waals surface area contributed by atoms with Crippen LogP contribution in [0.1, 0.15) is 36.9 Å². The topological polar surface area (TPSA) is 24.9 Å². The van der Waals surface area contributed by atoms with Crippen LogP contribution < -0.4 is 5.32 Å². The lowest BCUT2D eigenvalue weighted by molar-refractivity contribution is 0.493. The van der Waals surface area contributed by atoms with Crippen LogP contribution in [0.15, 0.2) is 54.9 Å². The van der Waals surface area contributed by atoms with E-state index in [9.17, 15) is 0 Å². The van der Waals surface area contributed by atoms with Crippen LogP contribution in [0, 0.1) is 0 Å². The summed E-state index contributed by atoms with van der Waals surface area (Å²) in [4.78, 5) is 4.04. The van der Waals surface area contributed by atoms with E-state index >= 15 is 0 Å². The molecule has 0 saturated carbocycles. The molecule has 0 spiro atoms. The van der Waals surface area contributed by atoms with E-state index in [1.165, 1.54) is 17.5 Å². The van der Waals surface area contributed by atoms with Crippen LogP contribution in [-0.2, 0) is 6.54 Å². The standard InChI is InChI=1S/C16H20N2/c1-2-6-16(15-7-4-3-5-8-15)18-13-14-9-11-17-12-10-14/h3-5,7-12,16,18H,2,6,13H2,1H3. The maximum absolute atomic E-state index is 4.04. The van der Waals surface area contributed by atoms with Gasteiger partial charge in [-0.25, -0.2) is 0 Å². The Kier molecular flexibility index (Phi) is 4.91. The van der Waals surface area contributed by atoms with E-state index in [-0.39, 0.29) is 0 Å². The molecule has 0 aliphatic rings. The smallest absolute Gasteiger partial charge is 0.0323 e. The second kappa shape index (κ2) is 6.92. The summed E-state index contributed by atoms with van der Waals surface area (Å²) in [7, 11) is 0. The van der Waals surface area contributed by atoms with E-state index in [1.807, 2.05) is 12.4 Å². The molecule has 1 heterocycles. The Balaban J connectivity index is 1.99. The van der Waals surface area contributed by atoms with Gasteiger partial charge < -0.3 is 5.32 Å². The van der Waals surface area contributed by atoms with E-state index in [0.717, 1.165) is 13.0 Å². The minimum absolute atomic E-state index is 0.435. The van der Waals surface area contributed by atoms with Crippen LogP contribution in [0.4, 0.5) is 0 Å². The molecule has 0 fully saturated rings. The predicted molar refractivity (Wildman–Crippen MR) is 75.2 cm³/mol. The molecular formula is C16H20N2. The van der Waals surface area contributed by atoms with E-state index in [1.54, 1.807) is 0 Å². The quantitative estimate of drug-likeness (QED) is 0.832. The maximum Gasteiger partial charge on any atom is 0.0323 e. The molecule has 0 radical (unpaired) electrons. The van der Waals surface area contributed by atoms with Crippen LogP contribution in [0.2, 0.25) is 0 Å². The van der Waals surface area contributed by atoms with Crippen molar-refractivity contribution in [3.63, 3.8) is 0 Å². The molecule has 0 aliphatic carbocycles. The molecule has 0 aliphatic heterocycles. The van der Waals surface area contributed by atoms with Gasteiger partial charge in [0.2, 0.25) is 0 Å². The normalized spacial score (nSPS) is 12.3. The van der Waals surface area contributed by atoms with Crippen LogP contribution in [0.25, 0.3) is 0 Å².